The first kappa shape index (κ1) is 20.0. The van der Waals surface area contributed by atoms with Crippen molar-refractivity contribution in [1.29, 1.82) is 0 Å². The number of nitrogens with one attached hydrogen (secondary N) is 2. The first-order valence-electron chi connectivity index (χ1n) is 9.16. The zero-order valence-corrected chi connectivity index (χ0v) is 17.0. The van der Waals surface area contributed by atoms with E-state index in [0.29, 0.717) is 18.7 Å². The summed E-state index contributed by atoms with van der Waals surface area (Å²) in [7, 11) is -3.51. The molecule has 1 aromatic heterocycles. The van der Waals surface area contributed by atoms with E-state index in [4.69, 9.17) is 0 Å². The molecular formula is C19H25N3O3S2. The minimum Gasteiger partial charge on any atom is -0.350 e. The van der Waals surface area contributed by atoms with E-state index in [1.165, 1.54) is 29.9 Å². The Bertz CT molecular complexity index is 843. The van der Waals surface area contributed by atoms with Gasteiger partial charge in [-0.05, 0) is 61.6 Å². The number of thiophene rings is 1. The summed E-state index contributed by atoms with van der Waals surface area (Å²) in [5, 5.41) is 5.07. The highest BCUT2D eigenvalue weighted by molar-refractivity contribution is 7.89. The number of amides is 1. The van der Waals surface area contributed by atoms with Gasteiger partial charge >= 0.3 is 0 Å². The number of nitrogens with zero attached hydrogens (tertiary/aromatic N) is 1. The molecule has 0 saturated carbocycles. The van der Waals surface area contributed by atoms with Crippen LogP contribution in [0.2, 0.25) is 0 Å². The van der Waals surface area contributed by atoms with Crippen molar-refractivity contribution in [2.45, 2.75) is 30.7 Å². The van der Waals surface area contributed by atoms with Crippen LogP contribution in [0.25, 0.3) is 0 Å². The van der Waals surface area contributed by atoms with Crippen molar-refractivity contribution < 1.29 is 13.2 Å². The molecule has 0 aliphatic carbocycles. The van der Waals surface area contributed by atoms with Crippen LogP contribution in [0.1, 0.15) is 41.0 Å². The van der Waals surface area contributed by atoms with Gasteiger partial charge in [-0.1, -0.05) is 13.0 Å². The van der Waals surface area contributed by atoms with Gasteiger partial charge in [-0.3, -0.25) is 9.69 Å². The number of rotatable bonds is 8. The van der Waals surface area contributed by atoms with Crippen molar-refractivity contribution in [2.75, 3.05) is 26.2 Å². The normalized spacial score (nSPS) is 16.3. The summed E-state index contributed by atoms with van der Waals surface area (Å²) in [4.78, 5) is 16.4. The third-order valence-corrected chi connectivity index (χ3v) is 7.21. The Hall–Kier alpha value is -1.74. The zero-order valence-electron chi connectivity index (χ0n) is 15.3. The topological polar surface area (TPSA) is 78.5 Å². The van der Waals surface area contributed by atoms with Crippen LogP contribution >= 0.6 is 11.3 Å². The number of hydrogen-bond donors (Lipinski definition) is 2. The van der Waals surface area contributed by atoms with Crippen molar-refractivity contribution in [3.8, 4) is 0 Å². The molecule has 1 aliphatic heterocycles. The molecule has 1 atom stereocenters. The van der Waals surface area contributed by atoms with Crippen LogP contribution in [-0.2, 0) is 10.0 Å². The van der Waals surface area contributed by atoms with Gasteiger partial charge in [-0.15, -0.1) is 11.3 Å². The molecule has 1 aliphatic rings. The van der Waals surface area contributed by atoms with E-state index in [2.05, 4.69) is 26.4 Å². The minimum atomic E-state index is -3.51. The van der Waals surface area contributed by atoms with Crippen molar-refractivity contribution in [1.82, 2.24) is 14.9 Å². The Labute approximate surface area is 164 Å². The molecule has 1 aromatic carbocycles. The second kappa shape index (κ2) is 8.97. The van der Waals surface area contributed by atoms with E-state index in [9.17, 15) is 13.2 Å². The molecule has 27 heavy (non-hydrogen) atoms. The van der Waals surface area contributed by atoms with Gasteiger partial charge in [0, 0.05) is 23.5 Å². The minimum absolute atomic E-state index is 0.162. The molecule has 2 N–H and O–H groups in total. The fraction of sp³-hybridized carbons (Fsp3) is 0.421. The monoisotopic (exact) mass is 407 g/mol. The van der Waals surface area contributed by atoms with Crippen molar-refractivity contribution in [3.05, 3.63) is 52.2 Å². The maximum Gasteiger partial charge on any atom is 0.251 e. The Morgan fingerprint density at radius 2 is 1.89 bits per heavy atom. The SMILES string of the molecule is CCNS(=O)(=O)c1ccc(C(=O)NCC(c2cccs2)N2CCCC2)cc1. The quantitative estimate of drug-likeness (QED) is 0.705. The van der Waals surface area contributed by atoms with Crippen LogP contribution in [0.3, 0.4) is 0 Å². The first-order valence-corrected chi connectivity index (χ1v) is 11.5. The van der Waals surface area contributed by atoms with E-state index in [-0.39, 0.29) is 16.8 Å². The molecule has 0 radical (unpaired) electrons. The molecule has 0 bridgehead atoms. The predicted molar refractivity (Wildman–Crippen MR) is 108 cm³/mol. The summed E-state index contributed by atoms with van der Waals surface area (Å²) in [5.41, 5.74) is 0.455. The number of hydrogen-bond acceptors (Lipinski definition) is 5. The third-order valence-electron chi connectivity index (χ3n) is 4.67. The molecule has 1 fully saturated rings. The Morgan fingerprint density at radius 1 is 1.19 bits per heavy atom. The highest BCUT2D eigenvalue weighted by atomic mass is 32.2. The lowest BCUT2D eigenvalue weighted by Gasteiger charge is -2.27. The van der Waals surface area contributed by atoms with Crippen molar-refractivity contribution >= 4 is 27.3 Å². The third kappa shape index (κ3) is 4.95. The smallest absolute Gasteiger partial charge is 0.251 e. The van der Waals surface area contributed by atoms with E-state index in [1.807, 2.05) is 6.07 Å². The summed E-state index contributed by atoms with van der Waals surface area (Å²) < 4.78 is 26.4. The lowest BCUT2D eigenvalue weighted by Crippen LogP contribution is -2.36. The molecule has 2 aromatic rings. The van der Waals surface area contributed by atoms with Gasteiger partial charge in [0.1, 0.15) is 0 Å². The lowest BCUT2D eigenvalue weighted by atomic mass is 10.2. The Morgan fingerprint density at radius 3 is 2.48 bits per heavy atom. The Balaban J connectivity index is 1.65. The molecule has 1 unspecified atom stereocenters. The molecule has 8 heteroatoms. The van der Waals surface area contributed by atoms with E-state index in [0.717, 1.165) is 13.1 Å². The highest BCUT2D eigenvalue weighted by Crippen LogP contribution is 2.27. The van der Waals surface area contributed by atoms with Gasteiger partial charge in [0.15, 0.2) is 0 Å². The van der Waals surface area contributed by atoms with Crippen LogP contribution in [-0.4, -0.2) is 45.4 Å². The number of likely N-dealkylation sites (tertiary alicyclic amines) is 1. The Kier molecular flexibility index (Phi) is 6.64. The van der Waals surface area contributed by atoms with Crippen LogP contribution < -0.4 is 10.0 Å². The summed E-state index contributed by atoms with van der Waals surface area (Å²) in [5.74, 6) is -0.192. The fourth-order valence-electron chi connectivity index (χ4n) is 3.29. The molecular weight excluding hydrogens is 382 g/mol. The van der Waals surface area contributed by atoms with Crippen LogP contribution in [0, 0.1) is 0 Å². The van der Waals surface area contributed by atoms with Crippen molar-refractivity contribution in [3.63, 3.8) is 0 Å². The standard InChI is InChI=1S/C19H25N3O3S2/c1-2-21-27(24,25)16-9-7-15(8-10-16)19(23)20-14-17(18-6-5-13-26-18)22-11-3-4-12-22/h5-10,13,17,21H,2-4,11-12,14H2,1H3,(H,20,23). The maximum atomic E-state index is 12.5. The number of carbonyl (C=O) groups is 1. The van der Waals surface area contributed by atoms with Gasteiger partial charge in [0.05, 0.1) is 10.9 Å². The summed E-state index contributed by atoms with van der Waals surface area (Å²) >= 11 is 1.71. The molecule has 3 rings (SSSR count). The lowest BCUT2D eigenvalue weighted by molar-refractivity contribution is 0.0938. The van der Waals surface area contributed by atoms with Crippen molar-refractivity contribution in [2.24, 2.45) is 0 Å². The van der Waals surface area contributed by atoms with Crippen LogP contribution in [0.15, 0.2) is 46.7 Å². The highest BCUT2D eigenvalue weighted by Gasteiger charge is 2.25. The zero-order chi connectivity index (χ0) is 19.3. The van der Waals surface area contributed by atoms with Gasteiger partial charge < -0.3 is 5.32 Å². The fourth-order valence-corrected chi connectivity index (χ4v) is 5.20. The average molecular weight is 408 g/mol. The van der Waals surface area contributed by atoms with E-state index >= 15 is 0 Å². The number of carbonyl (C=O) groups excluding carboxylic acids is 1. The number of sulfonamides is 1. The van der Waals surface area contributed by atoms with Gasteiger partial charge in [-0.25, -0.2) is 13.1 Å². The van der Waals surface area contributed by atoms with Gasteiger partial charge in [-0.2, -0.15) is 0 Å². The largest absolute Gasteiger partial charge is 0.350 e. The van der Waals surface area contributed by atoms with Gasteiger partial charge in [0.25, 0.3) is 5.91 Å². The molecule has 2 heterocycles. The van der Waals surface area contributed by atoms with Gasteiger partial charge in [0.2, 0.25) is 10.0 Å². The molecule has 1 amide bonds. The summed E-state index contributed by atoms with van der Waals surface area (Å²) in [6.45, 7) is 4.69. The average Bonchev–Trinajstić information content (AvgIpc) is 3.36. The maximum absolute atomic E-state index is 12.5. The van der Waals surface area contributed by atoms with Crippen LogP contribution in [0.5, 0.6) is 0 Å². The number of benzene rings is 1. The van der Waals surface area contributed by atoms with E-state index < -0.39 is 10.0 Å². The first-order chi connectivity index (χ1) is 13.0. The predicted octanol–water partition coefficient (Wildman–Crippen LogP) is 2.61. The second-order valence-corrected chi connectivity index (χ2v) is 9.26. The van der Waals surface area contributed by atoms with E-state index in [1.54, 1.807) is 30.4 Å². The second-order valence-electron chi connectivity index (χ2n) is 6.51. The molecule has 6 nitrogen and oxygen atoms in total. The summed E-state index contributed by atoms with van der Waals surface area (Å²) in [6.07, 6.45) is 2.38. The summed E-state index contributed by atoms with van der Waals surface area (Å²) in [6, 6.07) is 10.4. The molecule has 1 saturated heterocycles. The molecule has 0 spiro atoms. The van der Waals surface area contributed by atoms with Crippen LogP contribution in [0.4, 0.5) is 0 Å². The molecule has 146 valence electrons.